The van der Waals surface area contributed by atoms with Crippen molar-refractivity contribution in [1.29, 1.82) is 0 Å². The highest BCUT2D eigenvalue weighted by Crippen LogP contribution is 2.25. The van der Waals surface area contributed by atoms with Crippen LogP contribution in [0.4, 0.5) is 8.78 Å². The van der Waals surface area contributed by atoms with Crippen LogP contribution in [0.5, 0.6) is 0 Å². The summed E-state index contributed by atoms with van der Waals surface area (Å²) in [6.07, 6.45) is -0.0875. The molecule has 0 unspecified atom stereocenters. The van der Waals surface area contributed by atoms with Gasteiger partial charge in [0.15, 0.2) is 0 Å². The van der Waals surface area contributed by atoms with Crippen molar-refractivity contribution in [2.24, 2.45) is 0 Å². The number of halogens is 2. The highest BCUT2D eigenvalue weighted by Gasteiger charge is 2.16. The first-order valence-electron chi connectivity index (χ1n) is 4.89. The van der Waals surface area contributed by atoms with Crippen molar-refractivity contribution in [3.05, 3.63) is 35.4 Å². The number of hydrogen-bond acceptors (Lipinski definition) is 1. The van der Waals surface area contributed by atoms with E-state index in [0.29, 0.717) is 6.04 Å². The van der Waals surface area contributed by atoms with Crippen molar-refractivity contribution in [3.63, 3.8) is 0 Å². The van der Waals surface area contributed by atoms with Crippen LogP contribution in [0.25, 0.3) is 0 Å². The molecule has 14 heavy (non-hydrogen) atoms. The molecule has 1 N–H and O–H groups in total. The van der Waals surface area contributed by atoms with Gasteiger partial charge in [0.05, 0.1) is 0 Å². The molecule has 1 aromatic carbocycles. The fourth-order valence-electron chi connectivity index (χ4n) is 1.84. The second-order valence-corrected chi connectivity index (χ2v) is 3.62. The molecule has 0 amide bonds. The van der Waals surface area contributed by atoms with E-state index >= 15 is 0 Å². The van der Waals surface area contributed by atoms with E-state index in [1.54, 1.807) is 12.1 Å². The maximum absolute atomic E-state index is 12.3. The summed E-state index contributed by atoms with van der Waals surface area (Å²) in [5, 5.41) is 3.33. The summed E-state index contributed by atoms with van der Waals surface area (Å²) in [5.41, 5.74) is 1.22. The Hall–Kier alpha value is -0.960. The van der Waals surface area contributed by atoms with Gasteiger partial charge in [0, 0.05) is 11.6 Å². The normalized spacial score (nSPS) is 21.8. The molecule has 0 aliphatic carbocycles. The minimum atomic E-state index is -2.36. The third kappa shape index (κ3) is 1.93. The van der Waals surface area contributed by atoms with Gasteiger partial charge in [-0.3, -0.25) is 0 Å². The molecule has 1 fully saturated rings. The van der Waals surface area contributed by atoms with E-state index in [1.165, 1.54) is 18.6 Å². The number of hydrogen-bond donors (Lipinski definition) is 1. The van der Waals surface area contributed by atoms with Gasteiger partial charge in [-0.2, -0.15) is 0 Å². The van der Waals surface area contributed by atoms with E-state index in [0.717, 1.165) is 18.5 Å². The first kappa shape index (κ1) is 9.59. The molecular formula is C11H13F2N. The Morgan fingerprint density at radius 1 is 1.21 bits per heavy atom. The fourth-order valence-corrected chi connectivity index (χ4v) is 1.84. The van der Waals surface area contributed by atoms with Crippen LogP contribution in [0.15, 0.2) is 24.3 Å². The zero-order chi connectivity index (χ0) is 9.97. The lowest BCUT2D eigenvalue weighted by Gasteiger charge is -2.10. The molecule has 1 aromatic rings. The molecule has 2 rings (SSSR count). The molecule has 1 atom stereocenters. The minimum Gasteiger partial charge on any atom is -0.310 e. The molecule has 1 nitrogen and oxygen atoms in total. The Labute approximate surface area is 82.1 Å². The zero-order valence-corrected chi connectivity index (χ0v) is 7.84. The van der Waals surface area contributed by atoms with Crippen molar-refractivity contribution in [2.45, 2.75) is 25.3 Å². The quantitative estimate of drug-likeness (QED) is 0.768. The molecule has 3 heteroatoms. The Balaban J connectivity index is 2.12. The van der Waals surface area contributed by atoms with E-state index < -0.39 is 6.43 Å². The number of alkyl halides is 2. The lowest BCUT2D eigenvalue weighted by Crippen LogP contribution is -2.12. The summed E-state index contributed by atoms with van der Waals surface area (Å²) in [7, 11) is 0. The summed E-state index contributed by atoms with van der Waals surface area (Å²) in [4.78, 5) is 0. The summed E-state index contributed by atoms with van der Waals surface area (Å²) >= 11 is 0. The van der Waals surface area contributed by atoms with E-state index in [1.807, 2.05) is 0 Å². The van der Waals surface area contributed by atoms with Crippen LogP contribution in [0, 0.1) is 0 Å². The smallest absolute Gasteiger partial charge is 0.263 e. The average molecular weight is 197 g/mol. The summed E-state index contributed by atoms with van der Waals surface area (Å²) in [6, 6.07) is 6.98. The van der Waals surface area contributed by atoms with Crippen LogP contribution in [-0.2, 0) is 0 Å². The number of rotatable bonds is 2. The Bertz CT molecular complexity index is 289. The van der Waals surface area contributed by atoms with Crippen LogP contribution in [-0.4, -0.2) is 6.54 Å². The van der Waals surface area contributed by atoms with Gasteiger partial charge in [-0.1, -0.05) is 24.3 Å². The lowest BCUT2D eigenvalue weighted by atomic mass is 10.0. The van der Waals surface area contributed by atoms with Crippen LogP contribution < -0.4 is 5.32 Å². The van der Waals surface area contributed by atoms with Crippen molar-refractivity contribution in [2.75, 3.05) is 6.54 Å². The molecular weight excluding hydrogens is 184 g/mol. The third-order valence-electron chi connectivity index (χ3n) is 2.65. The molecule has 0 radical (unpaired) electrons. The lowest BCUT2D eigenvalue weighted by molar-refractivity contribution is 0.151. The minimum absolute atomic E-state index is 0.103. The topological polar surface area (TPSA) is 12.0 Å². The Morgan fingerprint density at radius 3 is 2.43 bits per heavy atom. The second-order valence-electron chi connectivity index (χ2n) is 3.62. The molecule has 1 saturated heterocycles. The molecule has 1 aliphatic rings. The summed E-state index contributed by atoms with van der Waals surface area (Å²) in [6.45, 7) is 1.03. The highest BCUT2D eigenvalue weighted by atomic mass is 19.3. The maximum Gasteiger partial charge on any atom is 0.263 e. The predicted molar refractivity (Wildman–Crippen MR) is 51.4 cm³/mol. The molecule has 0 saturated carbocycles. The van der Waals surface area contributed by atoms with E-state index in [9.17, 15) is 8.78 Å². The number of nitrogens with one attached hydrogen (secondary N) is 1. The molecule has 0 aromatic heterocycles. The SMILES string of the molecule is FC(F)c1ccc([C@H]2CCCN2)cc1. The summed E-state index contributed by atoms with van der Waals surface area (Å²) < 4.78 is 24.5. The third-order valence-corrected chi connectivity index (χ3v) is 2.65. The fraction of sp³-hybridized carbons (Fsp3) is 0.455. The van der Waals surface area contributed by atoms with Gasteiger partial charge in [-0.05, 0) is 24.9 Å². The van der Waals surface area contributed by atoms with Crippen molar-refractivity contribution in [1.82, 2.24) is 5.32 Å². The monoisotopic (exact) mass is 197 g/mol. The van der Waals surface area contributed by atoms with Crippen LogP contribution >= 0.6 is 0 Å². The first-order chi connectivity index (χ1) is 6.77. The predicted octanol–water partition coefficient (Wildman–Crippen LogP) is 3.05. The largest absolute Gasteiger partial charge is 0.310 e. The van der Waals surface area contributed by atoms with Crippen molar-refractivity contribution in [3.8, 4) is 0 Å². The van der Waals surface area contributed by atoms with E-state index in [2.05, 4.69) is 5.32 Å². The second kappa shape index (κ2) is 4.05. The standard InChI is InChI=1S/C11H13F2N/c12-11(13)9-5-3-8(4-6-9)10-2-1-7-14-10/h3-6,10-11,14H,1-2,7H2/t10-/m1/s1. The summed E-state index contributed by atoms with van der Waals surface area (Å²) in [5.74, 6) is 0. The van der Waals surface area contributed by atoms with Gasteiger partial charge in [0.1, 0.15) is 0 Å². The zero-order valence-electron chi connectivity index (χ0n) is 7.84. The highest BCUT2D eigenvalue weighted by molar-refractivity contribution is 5.26. The Morgan fingerprint density at radius 2 is 1.93 bits per heavy atom. The van der Waals surface area contributed by atoms with Gasteiger partial charge in [0.2, 0.25) is 0 Å². The van der Waals surface area contributed by atoms with E-state index in [4.69, 9.17) is 0 Å². The molecule has 0 bridgehead atoms. The number of benzene rings is 1. The van der Waals surface area contributed by atoms with Gasteiger partial charge in [-0.15, -0.1) is 0 Å². The van der Waals surface area contributed by atoms with Crippen LogP contribution in [0.2, 0.25) is 0 Å². The van der Waals surface area contributed by atoms with Gasteiger partial charge in [-0.25, -0.2) is 8.78 Å². The van der Waals surface area contributed by atoms with Gasteiger partial charge >= 0.3 is 0 Å². The molecule has 1 heterocycles. The van der Waals surface area contributed by atoms with Gasteiger partial charge < -0.3 is 5.32 Å². The van der Waals surface area contributed by atoms with Crippen molar-refractivity contribution >= 4 is 0 Å². The van der Waals surface area contributed by atoms with Gasteiger partial charge in [0.25, 0.3) is 6.43 Å². The van der Waals surface area contributed by atoms with E-state index in [-0.39, 0.29) is 5.56 Å². The Kier molecular flexibility index (Phi) is 2.77. The first-order valence-corrected chi connectivity index (χ1v) is 4.89. The van der Waals surface area contributed by atoms with Crippen molar-refractivity contribution < 1.29 is 8.78 Å². The van der Waals surface area contributed by atoms with Crippen LogP contribution in [0.1, 0.15) is 36.4 Å². The van der Waals surface area contributed by atoms with Crippen LogP contribution in [0.3, 0.4) is 0 Å². The molecule has 1 aliphatic heterocycles. The maximum atomic E-state index is 12.3. The molecule has 76 valence electrons. The average Bonchev–Trinajstić information content (AvgIpc) is 2.71. The molecule has 0 spiro atoms.